The number of benzene rings is 2. The van der Waals surface area contributed by atoms with Crippen LogP contribution in [0.25, 0.3) is 0 Å². The molecule has 29 heavy (non-hydrogen) atoms. The van der Waals surface area contributed by atoms with E-state index in [1.807, 2.05) is 18.2 Å². The highest BCUT2D eigenvalue weighted by molar-refractivity contribution is 5.84. The zero-order valence-electron chi connectivity index (χ0n) is 15.9. The van der Waals surface area contributed by atoms with Crippen LogP contribution in [0.1, 0.15) is 17.5 Å². The summed E-state index contributed by atoms with van der Waals surface area (Å²) < 4.78 is 38.8. The molecule has 1 saturated heterocycles. The summed E-state index contributed by atoms with van der Waals surface area (Å²) in [6.07, 6.45) is -3.20. The second kappa shape index (κ2) is 9.56. The SMILES string of the molecule is O=C(CCN1CCN(c2ccccc2)CC1)N/N=C/c1ccccc1C(F)(F)F. The molecule has 2 aromatic rings. The molecule has 1 aliphatic rings. The summed E-state index contributed by atoms with van der Waals surface area (Å²) in [7, 11) is 0. The van der Waals surface area contributed by atoms with Crippen LogP contribution in [0.3, 0.4) is 0 Å². The summed E-state index contributed by atoms with van der Waals surface area (Å²) in [5.74, 6) is -0.323. The van der Waals surface area contributed by atoms with Gasteiger partial charge in [0.25, 0.3) is 0 Å². The number of nitrogens with one attached hydrogen (secondary N) is 1. The fourth-order valence-electron chi connectivity index (χ4n) is 3.23. The maximum absolute atomic E-state index is 12.9. The molecule has 0 unspecified atom stereocenters. The van der Waals surface area contributed by atoms with Crippen LogP contribution >= 0.6 is 0 Å². The molecular formula is C21H23F3N4O. The molecule has 1 fully saturated rings. The van der Waals surface area contributed by atoms with Gasteiger partial charge in [-0.05, 0) is 18.2 Å². The number of amides is 1. The second-order valence-corrected chi connectivity index (χ2v) is 6.79. The van der Waals surface area contributed by atoms with E-state index in [9.17, 15) is 18.0 Å². The molecule has 1 heterocycles. The van der Waals surface area contributed by atoms with Gasteiger partial charge in [0.05, 0.1) is 11.8 Å². The van der Waals surface area contributed by atoms with Crippen LogP contribution in [0.2, 0.25) is 0 Å². The first-order valence-electron chi connectivity index (χ1n) is 9.44. The molecule has 0 atom stereocenters. The number of para-hydroxylation sites is 1. The van der Waals surface area contributed by atoms with Crippen molar-refractivity contribution in [1.82, 2.24) is 10.3 Å². The van der Waals surface area contributed by atoms with Gasteiger partial charge < -0.3 is 4.90 Å². The molecule has 3 rings (SSSR count). The zero-order valence-corrected chi connectivity index (χ0v) is 15.9. The van der Waals surface area contributed by atoms with E-state index < -0.39 is 11.7 Å². The van der Waals surface area contributed by atoms with Gasteiger partial charge in [-0.25, -0.2) is 5.43 Å². The standard InChI is InChI=1S/C21H23F3N4O/c22-21(23,24)19-9-5-4-6-17(19)16-25-26-20(29)10-11-27-12-14-28(15-13-27)18-7-2-1-3-8-18/h1-9,16H,10-15H2,(H,26,29)/b25-16+. The number of hydrogen-bond acceptors (Lipinski definition) is 4. The normalized spacial score (nSPS) is 15.6. The van der Waals surface area contributed by atoms with Gasteiger partial charge in [-0.1, -0.05) is 36.4 Å². The fraction of sp³-hybridized carbons (Fsp3) is 0.333. The Morgan fingerprint density at radius 3 is 2.34 bits per heavy atom. The molecule has 154 valence electrons. The quantitative estimate of drug-likeness (QED) is 0.593. The average molecular weight is 404 g/mol. The Morgan fingerprint density at radius 1 is 1.00 bits per heavy atom. The minimum atomic E-state index is -4.46. The lowest BCUT2D eigenvalue weighted by atomic mass is 10.1. The van der Waals surface area contributed by atoms with E-state index in [0.717, 1.165) is 38.5 Å². The summed E-state index contributed by atoms with van der Waals surface area (Å²) in [5, 5.41) is 3.68. The maximum atomic E-state index is 12.9. The number of piperazine rings is 1. The first-order chi connectivity index (χ1) is 13.9. The van der Waals surface area contributed by atoms with Crippen molar-refractivity contribution < 1.29 is 18.0 Å². The van der Waals surface area contributed by atoms with Gasteiger partial charge in [0.2, 0.25) is 5.91 Å². The first-order valence-corrected chi connectivity index (χ1v) is 9.44. The molecule has 0 radical (unpaired) electrons. The minimum absolute atomic E-state index is 0.0858. The van der Waals surface area contributed by atoms with Crippen molar-refractivity contribution in [3.63, 3.8) is 0 Å². The molecule has 1 aliphatic heterocycles. The molecular weight excluding hydrogens is 381 g/mol. The van der Waals surface area contributed by atoms with Crippen molar-refractivity contribution in [3.8, 4) is 0 Å². The van der Waals surface area contributed by atoms with E-state index in [0.29, 0.717) is 6.54 Å². The van der Waals surface area contributed by atoms with Crippen LogP contribution in [-0.2, 0) is 11.0 Å². The number of carbonyl (C=O) groups is 1. The predicted octanol–water partition coefficient (Wildman–Crippen LogP) is 3.37. The van der Waals surface area contributed by atoms with Crippen molar-refractivity contribution in [3.05, 3.63) is 65.7 Å². The third-order valence-electron chi connectivity index (χ3n) is 4.81. The molecule has 1 N–H and O–H groups in total. The first kappa shape index (κ1) is 20.9. The number of anilines is 1. The molecule has 0 bridgehead atoms. The van der Waals surface area contributed by atoms with Crippen molar-refractivity contribution in [2.45, 2.75) is 12.6 Å². The van der Waals surface area contributed by atoms with Crippen LogP contribution in [0.4, 0.5) is 18.9 Å². The van der Waals surface area contributed by atoms with Gasteiger partial charge in [0.15, 0.2) is 0 Å². The summed E-state index contributed by atoms with van der Waals surface area (Å²) in [6.45, 7) is 4.06. The molecule has 8 heteroatoms. The molecule has 0 aliphatic carbocycles. The van der Waals surface area contributed by atoms with E-state index in [2.05, 4.69) is 32.5 Å². The largest absolute Gasteiger partial charge is 0.417 e. The summed E-state index contributed by atoms with van der Waals surface area (Å²) in [6, 6.07) is 15.3. The lowest BCUT2D eigenvalue weighted by Gasteiger charge is -2.36. The molecule has 2 aromatic carbocycles. The van der Waals surface area contributed by atoms with E-state index in [1.54, 1.807) is 0 Å². The number of hydrogen-bond donors (Lipinski definition) is 1. The van der Waals surface area contributed by atoms with E-state index in [1.165, 1.54) is 23.9 Å². The van der Waals surface area contributed by atoms with E-state index >= 15 is 0 Å². The summed E-state index contributed by atoms with van der Waals surface area (Å²) >= 11 is 0. The smallest absolute Gasteiger partial charge is 0.369 e. The number of carbonyl (C=O) groups excluding carboxylic acids is 1. The van der Waals surface area contributed by atoms with Crippen LogP contribution in [0.5, 0.6) is 0 Å². The second-order valence-electron chi connectivity index (χ2n) is 6.79. The lowest BCUT2D eigenvalue weighted by molar-refractivity contribution is -0.137. The molecule has 0 saturated carbocycles. The molecule has 5 nitrogen and oxygen atoms in total. The fourth-order valence-corrected chi connectivity index (χ4v) is 3.23. The van der Waals surface area contributed by atoms with Crippen LogP contribution in [0, 0.1) is 0 Å². The highest BCUT2D eigenvalue weighted by Gasteiger charge is 2.32. The van der Waals surface area contributed by atoms with Crippen LogP contribution < -0.4 is 10.3 Å². The van der Waals surface area contributed by atoms with Crippen molar-refractivity contribution in [2.75, 3.05) is 37.6 Å². The van der Waals surface area contributed by atoms with Crippen molar-refractivity contribution in [1.29, 1.82) is 0 Å². The topological polar surface area (TPSA) is 47.9 Å². The lowest BCUT2D eigenvalue weighted by Crippen LogP contribution is -2.47. The van der Waals surface area contributed by atoms with Crippen molar-refractivity contribution >= 4 is 17.8 Å². The van der Waals surface area contributed by atoms with Gasteiger partial charge in [0, 0.05) is 50.4 Å². The number of halogens is 3. The highest BCUT2D eigenvalue weighted by Crippen LogP contribution is 2.31. The Balaban J connectivity index is 1.42. The Morgan fingerprint density at radius 2 is 1.66 bits per heavy atom. The van der Waals surface area contributed by atoms with Crippen LogP contribution in [0.15, 0.2) is 59.7 Å². The number of hydrazone groups is 1. The Hall–Kier alpha value is -2.87. The Bertz CT molecular complexity index is 831. The number of rotatable bonds is 6. The third-order valence-corrected chi connectivity index (χ3v) is 4.81. The monoisotopic (exact) mass is 404 g/mol. The van der Waals surface area contributed by atoms with Gasteiger partial charge >= 0.3 is 6.18 Å². The summed E-state index contributed by atoms with van der Waals surface area (Å²) in [4.78, 5) is 16.5. The maximum Gasteiger partial charge on any atom is 0.417 e. The van der Waals surface area contributed by atoms with Crippen LogP contribution in [-0.4, -0.2) is 49.7 Å². The molecule has 0 aromatic heterocycles. The van der Waals surface area contributed by atoms with Gasteiger partial charge in [0.1, 0.15) is 0 Å². The van der Waals surface area contributed by atoms with Gasteiger partial charge in [-0.3, -0.25) is 9.69 Å². The zero-order chi connectivity index (χ0) is 20.7. The highest BCUT2D eigenvalue weighted by atomic mass is 19.4. The van der Waals surface area contributed by atoms with E-state index in [-0.39, 0.29) is 17.9 Å². The van der Waals surface area contributed by atoms with Gasteiger partial charge in [-0.15, -0.1) is 0 Å². The number of nitrogens with zero attached hydrogens (tertiary/aromatic N) is 3. The molecule has 1 amide bonds. The Labute approximate surface area is 167 Å². The van der Waals surface area contributed by atoms with Gasteiger partial charge in [-0.2, -0.15) is 18.3 Å². The Kier molecular flexibility index (Phi) is 6.87. The van der Waals surface area contributed by atoms with E-state index in [4.69, 9.17) is 0 Å². The average Bonchev–Trinajstić information content (AvgIpc) is 2.73. The minimum Gasteiger partial charge on any atom is -0.369 e. The summed E-state index contributed by atoms with van der Waals surface area (Å²) in [5.41, 5.74) is 2.63. The van der Waals surface area contributed by atoms with Crippen molar-refractivity contribution in [2.24, 2.45) is 5.10 Å². The molecule has 0 spiro atoms. The number of alkyl halides is 3. The predicted molar refractivity (Wildman–Crippen MR) is 107 cm³/mol. The third kappa shape index (κ3) is 6.05.